The van der Waals surface area contributed by atoms with Crippen LogP contribution in [0.15, 0.2) is 24.4 Å². The number of fused-ring (bicyclic) bond motifs is 1. The van der Waals surface area contributed by atoms with Crippen molar-refractivity contribution in [1.82, 2.24) is 15.2 Å². The quantitative estimate of drug-likeness (QED) is 0.438. The first kappa shape index (κ1) is 24.0. The fourth-order valence-corrected chi connectivity index (χ4v) is 3.82. The molecular formula is C21H26FN5O6. The van der Waals surface area contributed by atoms with Crippen LogP contribution in [0.3, 0.4) is 0 Å². The number of nitrogens with zero attached hydrogens (tertiary/aromatic N) is 2. The molecule has 1 aliphatic heterocycles. The van der Waals surface area contributed by atoms with E-state index in [2.05, 4.69) is 10.3 Å². The SMILES string of the molecule is CC(C)(C)OC(=O)N[C@@H](Cc1c[nH]c2ccc([N+](=O)[O-])cc12)C(=O)N1C[C@@H](F)C[C@H]1C(N)=O. The zero-order valence-electron chi connectivity index (χ0n) is 18.5. The largest absolute Gasteiger partial charge is 0.444 e. The molecule has 1 aromatic carbocycles. The number of non-ortho nitro benzene ring substituents is 1. The van der Waals surface area contributed by atoms with E-state index in [0.29, 0.717) is 16.5 Å². The molecule has 12 heteroatoms. The van der Waals surface area contributed by atoms with Gasteiger partial charge in [-0.1, -0.05) is 0 Å². The van der Waals surface area contributed by atoms with Crippen LogP contribution in [0.4, 0.5) is 14.9 Å². The summed E-state index contributed by atoms with van der Waals surface area (Å²) in [4.78, 5) is 52.1. The van der Waals surface area contributed by atoms with Crippen LogP contribution >= 0.6 is 0 Å². The number of carbonyl (C=O) groups is 3. The first-order valence-electron chi connectivity index (χ1n) is 10.3. The molecular weight excluding hydrogens is 437 g/mol. The van der Waals surface area contributed by atoms with E-state index in [0.717, 1.165) is 4.90 Å². The molecule has 1 fully saturated rings. The molecule has 0 spiro atoms. The zero-order chi connectivity index (χ0) is 24.5. The number of nitro benzene ring substituents is 1. The summed E-state index contributed by atoms with van der Waals surface area (Å²) in [6, 6.07) is 1.86. The van der Waals surface area contributed by atoms with Gasteiger partial charge in [0.1, 0.15) is 23.9 Å². The Bertz CT molecular complexity index is 1090. The first-order valence-corrected chi connectivity index (χ1v) is 10.3. The molecule has 0 saturated carbocycles. The minimum Gasteiger partial charge on any atom is -0.444 e. The molecule has 2 heterocycles. The van der Waals surface area contributed by atoms with Gasteiger partial charge in [0.05, 0.1) is 11.5 Å². The lowest BCUT2D eigenvalue weighted by atomic mass is 10.0. The maximum atomic E-state index is 14.0. The minimum atomic E-state index is -1.43. The molecule has 3 atom stereocenters. The normalized spacial score (nSPS) is 19.3. The summed E-state index contributed by atoms with van der Waals surface area (Å²) in [5, 5.41) is 14.2. The van der Waals surface area contributed by atoms with Crippen molar-refractivity contribution in [1.29, 1.82) is 0 Å². The van der Waals surface area contributed by atoms with Crippen molar-refractivity contribution in [3.63, 3.8) is 0 Å². The summed E-state index contributed by atoms with van der Waals surface area (Å²) in [5.41, 5.74) is 5.47. The number of carbonyl (C=O) groups excluding carboxylic acids is 3. The summed E-state index contributed by atoms with van der Waals surface area (Å²) < 4.78 is 19.3. The number of rotatable bonds is 6. The van der Waals surface area contributed by atoms with Crippen LogP contribution < -0.4 is 11.1 Å². The van der Waals surface area contributed by atoms with Gasteiger partial charge in [-0.3, -0.25) is 19.7 Å². The lowest BCUT2D eigenvalue weighted by molar-refractivity contribution is -0.384. The Morgan fingerprint density at radius 1 is 1.39 bits per heavy atom. The predicted molar refractivity (Wildman–Crippen MR) is 116 cm³/mol. The number of aromatic nitrogens is 1. The molecule has 1 aromatic heterocycles. The average Bonchev–Trinajstić information content (AvgIpc) is 3.28. The van der Waals surface area contributed by atoms with Crippen molar-refractivity contribution in [3.05, 3.63) is 40.1 Å². The first-order chi connectivity index (χ1) is 15.4. The van der Waals surface area contributed by atoms with Gasteiger partial charge < -0.3 is 25.7 Å². The second-order valence-electron chi connectivity index (χ2n) is 8.95. The Balaban J connectivity index is 1.93. The number of halogens is 1. The molecule has 2 aromatic rings. The van der Waals surface area contributed by atoms with Gasteiger partial charge in [-0.15, -0.1) is 0 Å². The fourth-order valence-electron chi connectivity index (χ4n) is 3.82. The van der Waals surface area contributed by atoms with Crippen LogP contribution in [-0.4, -0.2) is 63.1 Å². The molecule has 4 N–H and O–H groups in total. The fraction of sp³-hybridized carbons (Fsp3) is 0.476. The van der Waals surface area contributed by atoms with Crippen LogP contribution in [-0.2, 0) is 20.7 Å². The van der Waals surface area contributed by atoms with Crippen LogP contribution in [0.25, 0.3) is 10.9 Å². The number of aromatic amines is 1. The number of likely N-dealkylation sites (tertiary alicyclic amines) is 1. The minimum absolute atomic E-state index is 0.0851. The molecule has 0 bridgehead atoms. The summed E-state index contributed by atoms with van der Waals surface area (Å²) in [6.45, 7) is 4.62. The summed E-state index contributed by atoms with van der Waals surface area (Å²) in [6.07, 6.45) is -1.04. The molecule has 33 heavy (non-hydrogen) atoms. The highest BCUT2D eigenvalue weighted by Crippen LogP contribution is 2.26. The number of alkyl carbamates (subject to hydrolysis) is 1. The van der Waals surface area contributed by atoms with Gasteiger partial charge in [0, 0.05) is 42.1 Å². The van der Waals surface area contributed by atoms with E-state index in [4.69, 9.17) is 10.5 Å². The number of benzene rings is 1. The topological polar surface area (TPSA) is 161 Å². The van der Waals surface area contributed by atoms with E-state index in [1.54, 1.807) is 27.0 Å². The Hall–Kier alpha value is -3.70. The van der Waals surface area contributed by atoms with Gasteiger partial charge in [-0.25, -0.2) is 9.18 Å². The van der Waals surface area contributed by atoms with Gasteiger partial charge >= 0.3 is 6.09 Å². The van der Waals surface area contributed by atoms with Gasteiger partial charge in [0.25, 0.3) is 5.69 Å². The number of alkyl halides is 1. The number of ether oxygens (including phenoxy) is 1. The number of hydrogen-bond acceptors (Lipinski definition) is 6. The molecule has 1 saturated heterocycles. The van der Waals surface area contributed by atoms with Crippen molar-refractivity contribution in [3.8, 4) is 0 Å². The van der Waals surface area contributed by atoms with Gasteiger partial charge in [-0.05, 0) is 32.4 Å². The smallest absolute Gasteiger partial charge is 0.408 e. The van der Waals surface area contributed by atoms with Crippen molar-refractivity contribution in [2.24, 2.45) is 5.73 Å². The number of nitro groups is 1. The number of H-pyrrole nitrogens is 1. The van der Waals surface area contributed by atoms with E-state index in [-0.39, 0.29) is 25.1 Å². The number of nitrogens with two attached hydrogens (primary N) is 1. The molecule has 3 rings (SSSR count). The van der Waals surface area contributed by atoms with Gasteiger partial charge in [-0.2, -0.15) is 0 Å². The van der Waals surface area contributed by atoms with Crippen molar-refractivity contribution in [2.45, 2.75) is 57.5 Å². The standard InChI is InChI=1S/C21H26FN5O6/c1-21(2,3)33-20(30)25-16(19(29)26-10-12(22)7-17(26)18(23)28)6-11-9-24-15-5-4-13(27(31)32)8-14(11)15/h4-5,8-9,12,16-17,24H,6-7,10H2,1-3H3,(H2,23,28)(H,25,30)/t12-,16-,17-/m0/s1. The molecule has 0 aliphatic carbocycles. The van der Waals surface area contributed by atoms with E-state index in [9.17, 15) is 28.9 Å². The van der Waals surface area contributed by atoms with Crippen LogP contribution in [0, 0.1) is 10.1 Å². The van der Waals surface area contributed by atoms with Gasteiger partial charge in [0.15, 0.2) is 0 Å². The summed E-state index contributed by atoms with van der Waals surface area (Å²) in [7, 11) is 0. The van der Waals surface area contributed by atoms with Crippen LogP contribution in [0.1, 0.15) is 32.8 Å². The highest BCUT2D eigenvalue weighted by atomic mass is 19.1. The monoisotopic (exact) mass is 463 g/mol. The molecule has 1 aliphatic rings. The van der Waals surface area contributed by atoms with Crippen molar-refractivity contribution >= 4 is 34.5 Å². The van der Waals surface area contributed by atoms with Crippen molar-refractivity contribution < 1.29 is 28.4 Å². The third kappa shape index (κ3) is 5.57. The maximum absolute atomic E-state index is 14.0. The van der Waals surface area contributed by atoms with E-state index in [1.165, 1.54) is 18.2 Å². The van der Waals surface area contributed by atoms with Crippen molar-refractivity contribution in [2.75, 3.05) is 6.54 Å². The number of primary amides is 1. The predicted octanol–water partition coefficient (Wildman–Crippen LogP) is 1.94. The number of amides is 3. The Morgan fingerprint density at radius 3 is 2.70 bits per heavy atom. The highest BCUT2D eigenvalue weighted by molar-refractivity contribution is 5.92. The maximum Gasteiger partial charge on any atom is 0.408 e. The third-order valence-corrected chi connectivity index (χ3v) is 5.24. The van der Waals surface area contributed by atoms with E-state index in [1.807, 2.05) is 0 Å². The molecule has 178 valence electrons. The average molecular weight is 463 g/mol. The second-order valence-corrected chi connectivity index (χ2v) is 8.95. The van der Waals surface area contributed by atoms with Crippen LogP contribution in [0.5, 0.6) is 0 Å². The molecule has 0 unspecified atom stereocenters. The van der Waals surface area contributed by atoms with Crippen LogP contribution in [0.2, 0.25) is 0 Å². The molecule has 0 radical (unpaired) electrons. The summed E-state index contributed by atoms with van der Waals surface area (Å²) in [5.74, 6) is -1.55. The number of nitrogens with one attached hydrogen (secondary N) is 2. The Morgan fingerprint density at radius 2 is 2.09 bits per heavy atom. The third-order valence-electron chi connectivity index (χ3n) is 5.24. The highest BCUT2D eigenvalue weighted by Gasteiger charge is 2.41. The molecule has 3 amide bonds. The lowest BCUT2D eigenvalue weighted by Gasteiger charge is -2.28. The molecule has 11 nitrogen and oxygen atoms in total. The summed E-state index contributed by atoms with van der Waals surface area (Å²) >= 11 is 0. The Kier molecular flexibility index (Phi) is 6.56. The number of hydrogen-bond donors (Lipinski definition) is 3. The van der Waals surface area contributed by atoms with E-state index < -0.39 is 46.7 Å². The lowest BCUT2D eigenvalue weighted by Crippen LogP contribution is -2.54. The Labute approximate surface area is 188 Å². The van der Waals surface area contributed by atoms with E-state index >= 15 is 0 Å². The van der Waals surface area contributed by atoms with Gasteiger partial charge in [0.2, 0.25) is 11.8 Å². The zero-order valence-corrected chi connectivity index (χ0v) is 18.5. The second kappa shape index (κ2) is 9.04.